The molecule has 1 fully saturated rings. The first-order valence-electron chi connectivity index (χ1n) is 4.93. The lowest BCUT2D eigenvalue weighted by Crippen LogP contribution is -2.44. The molecule has 14 heavy (non-hydrogen) atoms. The SMILES string of the molecule is CC(NC(=O)C1CCCC1)/C(N)=N/O. The topological polar surface area (TPSA) is 87.7 Å². The Balaban J connectivity index is 2.39. The third-order valence-electron chi connectivity index (χ3n) is 2.64. The summed E-state index contributed by atoms with van der Waals surface area (Å²) < 4.78 is 0. The minimum Gasteiger partial charge on any atom is -0.409 e. The van der Waals surface area contributed by atoms with Gasteiger partial charge in [-0.3, -0.25) is 4.79 Å². The normalized spacial score (nSPS) is 20.8. The summed E-state index contributed by atoms with van der Waals surface area (Å²) in [5.74, 6) is 0.168. The molecule has 1 aliphatic rings. The highest BCUT2D eigenvalue weighted by Gasteiger charge is 2.24. The Morgan fingerprint density at radius 3 is 2.64 bits per heavy atom. The number of oxime groups is 1. The lowest BCUT2D eigenvalue weighted by atomic mass is 10.1. The molecule has 0 aromatic heterocycles. The minimum atomic E-state index is -0.395. The fourth-order valence-corrected chi connectivity index (χ4v) is 1.68. The van der Waals surface area contributed by atoms with Crippen molar-refractivity contribution in [3.8, 4) is 0 Å². The maximum atomic E-state index is 11.6. The van der Waals surface area contributed by atoms with E-state index in [1.165, 1.54) is 0 Å². The van der Waals surface area contributed by atoms with Gasteiger partial charge in [0.1, 0.15) is 0 Å². The van der Waals surface area contributed by atoms with Crippen LogP contribution in [0.2, 0.25) is 0 Å². The number of hydrogen-bond acceptors (Lipinski definition) is 3. The van der Waals surface area contributed by atoms with Crippen molar-refractivity contribution in [3.63, 3.8) is 0 Å². The van der Waals surface area contributed by atoms with Crippen molar-refractivity contribution in [2.75, 3.05) is 0 Å². The molecular formula is C9H17N3O2. The highest BCUT2D eigenvalue weighted by Crippen LogP contribution is 2.24. The van der Waals surface area contributed by atoms with Gasteiger partial charge in [-0.1, -0.05) is 18.0 Å². The molecule has 1 unspecified atom stereocenters. The van der Waals surface area contributed by atoms with E-state index in [4.69, 9.17) is 10.9 Å². The molecule has 1 amide bonds. The highest BCUT2D eigenvalue weighted by atomic mass is 16.4. The van der Waals surface area contributed by atoms with E-state index in [1.807, 2.05) is 0 Å². The largest absolute Gasteiger partial charge is 0.409 e. The van der Waals surface area contributed by atoms with Crippen LogP contribution >= 0.6 is 0 Å². The van der Waals surface area contributed by atoms with Crippen LogP contribution in [0.4, 0.5) is 0 Å². The predicted molar refractivity (Wildman–Crippen MR) is 53.0 cm³/mol. The number of amides is 1. The van der Waals surface area contributed by atoms with Crippen molar-refractivity contribution >= 4 is 11.7 Å². The molecule has 0 spiro atoms. The molecule has 0 bridgehead atoms. The van der Waals surface area contributed by atoms with Crippen LogP contribution < -0.4 is 11.1 Å². The monoisotopic (exact) mass is 199 g/mol. The average Bonchev–Trinajstić information content (AvgIpc) is 2.69. The summed E-state index contributed by atoms with van der Waals surface area (Å²) in [6.45, 7) is 1.70. The lowest BCUT2D eigenvalue weighted by Gasteiger charge is -2.15. The third kappa shape index (κ3) is 2.61. The van der Waals surface area contributed by atoms with Crippen molar-refractivity contribution in [1.82, 2.24) is 5.32 Å². The zero-order valence-corrected chi connectivity index (χ0v) is 8.36. The maximum Gasteiger partial charge on any atom is 0.223 e. The summed E-state index contributed by atoms with van der Waals surface area (Å²) in [6, 6.07) is -0.395. The van der Waals surface area contributed by atoms with Gasteiger partial charge in [0.05, 0.1) is 6.04 Å². The molecule has 1 aliphatic carbocycles. The van der Waals surface area contributed by atoms with E-state index in [2.05, 4.69) is 10.5 Å². The molecule has 80 valence electrons. The number of nitrogens with zero attached hydrogens (tertiary/aromatic N) is 1. The summed E-state index contributed by atoms with van der Waals surface area (Å²) in [5, 5.41) is 14.0. The Labute approximate surface area is 83.3 Å². The molecule has 0 heterocycles. The Bertz CT molecular complexity index is 234. The van der Waals surface area contributed by atoms with Crippen molar-refractivity contribution in [3.05, 3.63) is 0 Å². The third-order valence-corrected chi connectivity index (χ3v) is 2.64. The van der Waals surface area contributed by atoms with Crippen LogP contribution in [0, 0.1) is 5.92 Å². The number of rotatable bonds is 3. The van der Waals surface area contributed by atoms with E-state index in [-0.39, 0.29) is 17.7 Å². The zero-order valence-electron chi connectivity index (χ0n) is 8.36. The van der Waals surface area contributed by atoms with Crippen LogP contribution in [0.5, 0.6) is 0 Å². The van der Waals surface area contributed by atoms with Crippen LogP contribution in [0.25, 0.3) is 0 Å². The summed E-state index contributed by atoms with van der Waals surface area (Å²) >= 11 is 0. The zero-order chi connectivity index (χ0) is 10.6. The number of carbonyl (C=O) groups is 1. The molecule has 4 N–H and O–H groups in total. The molecule has 0 aromatic carbocycles. The van der Waals surface area contributed by atoms with Gasteiger partial charge in [-0.15, -0.1) is 0 Å². The molecule has 1 saturated carbocycles. The second-order valence-corrected chi connectivity index (χ2v) is 3.74. The first-order valence-corrected chi connectivity index (χ1v) is 4.93. The Morgan fingerprint density at radius 2 is 2.14 bits per heavy atom. The van der Waals surface area contributed by atoms with Crippen molar-refractivity contribution in [2.45, 2.75) is 38.6 Å². The molecule has 0 radical (unpaired) electrons. The second-order valence-electron chi connectivity index (χ2n) is 3.74. The molecule has 5 heteroatoms. The van der Waals surface area contributed by atoms with Gasteiger partial charge in [-0.2, -0.15) is 0 Å². The fraction of sp³-hybridized carbons (Fsp3) is 0.778. The molecule has 1 atom stereocenters. The van der Waals surface area contributed by atoms with Crippen molar-refractivity contribution in [1.29, 1.82) is 0 Å². The van der Waals surface area contributed by atoms with Crippen molar-refractivity contribution < 1.29 is 10.0 Å². The van der Waals surface area contributed by atoms with Gasteiger partial charge in [0.15, 0.2) is 5.84 Å². The Kier molecular flexibility index (Phi) is 3.73. The maximum absolute atomic E-state index is 11.6. The van der Waals surface area contributed by atoms with E-state index in [0.717, 1.165) is 25.7 Å². The van der Waals surface area contributed by atoms with E-state index in [9.17, 15) is 4.79 Å². The predicted octanol–water partition coefficient (Wildman–Crippen LogP) is 0.428. The molecule has 0 saturated heterocycles. The van der Waals surface area contributed by atoms with Gasteiger partial charge in [-0.05, 0) is 19.8 Å². The summed E-state index contributed by atoms with van der Waals surface area (Å²) in [6.07, 6.45) is 4.15. The highest BCUT2D eigenvalue weighted by molar-refractivity contribution is 5.90. The lowest BCUT2D eigenvalue weighted by molar-refractivity contribution is -0.125. The van der Waals surface area contributed by atoms with Gasteiger partial charge in [0, 0.05) is 5.92 Å². The van der Waals surface area contributed by atoms with Crippen LogP contribution in [0.3, 0.4) is 0 Å². The molecule has 0 aliphatic heterocycles. The Morgan fingerprint density at radius 1 is 1.57 bits per heavy atom. The fourth-order valence-electron chi connectivity index (χ4n) is 1.68. The number of nitrogens with two attached hydrogens (primary N) is 1. The average molecular weight is 199 g/mol. The van der Waals surface area contributed by atoms with Gasteiger partial charge in [0.2, 0.25) is 5.91 Å². The first kappa shape index (κ1) is 10.8. The molecule has 0 aromatic rings. The summed E-state index contributed by atoms with van der Waals surface area (Å²) in [5.41, 5.74) is 5.35. The van der Waals surface area contributed by atoms with Crippen LogP contribution in [0.1, 0.15) is 32.6 Å². The van der Waals surface area contributed by atoms with Crippen LogP contribution in [-0.2, 0) is 4.79 Å². The smallest absolute Gasteiger partial charge is 0.223 e. The first-order chi connectivity index (χ1) is 6.65. The Hall–Kier alpha value is -1.26. The summed E-state index contributed by atoms with van der Waals surface area (Å²) in [4.78, 5) is 11.6. The molecule has 5 nitrogen and oxygen atoms in total. The van der Waals surface area contributed by atoms with Crippen molar-refractivity contribution in [2.24, 2.45) is 16.8 Å². The van der Waals surface area contributed by atoms with E-state index >= 15 is 0 Å². The van der Waals surface area contributed by atoms with Gasteiger partial charge >= 0.3 is 0 Å². The quantitative estimate of drug-likeness (QED) is 0.266. The van der Waals surface area contributed by atoms with E-state index < -0.39 is 6.04 Å². The van der Waals surface area contributed by atoms with Gasteiger partial charge in [-0.25, -0.2) is 0 Å². The molecular weight excluding hydrogens is 182 g/mol. The summed E-state index contributed by atoms with van der Waals surface area (Å²) in [7, 11) is 0. The van der Waals surface area contributed by atoms with Crippen LogP contribution in [-0.4, -0.2) is 23.0 Å². The number of nitrogens with one attached hydrogen (secondary N) is 1. The van der Waals surface area contributed by atoms with Crippen LogP contribution in [0.15, 0.2) is 5.16 Å². The number of carbonyl (C=O) groups excluding carboxylic acids is 1. The van der Waals surface area contributed by atoms with Gasteiger partial charge < -0.3 is 16.3 Å². The standard InChI is InChI=1S/C9H17N3O2/c1-6(8(10)12-14)11-9(13)7-4-2-3-5-7/h6-7,14H,2-5H2,1H3,(H2,10,12)(H,11,13). The van der Waals surface area contributed by atoms with Gasteiger partial charge in [0.25, 0.3) is 0 Å². The second kappa shape index (κ2) is 4.83. The minimum absolute atomic E-state index is 0.0154. The number of amidine groups is 1. The van der Waals surface area contributed by atoms with E-state index in [1.54, 1.807) is 6.92 Å². The number of hydrogen-bond donors (Lipinski definition) is 3. The molecule has 1 rings (SSSR count). The van der Waals surface area contributed by atoms with E-state index in [0.29, 0.717) is 0 Å².